The number of nitriles is 2. The van der Waals surface area contributed by atoms with Crippen molar-refractivity contribution in [1.29, 1.82) is 10.5 Å². The molecule has 38 heavy (non-hydrogen) atoms. The highest BCUT2D eigenvalue weighted by Crippen LogP contribution is 2.28. The largest absolute Gasteiger partial charge is 0.494 e. The van der Waals surface area contributed by atoms with Crippen LogP contribution in [0.2, 0.25) is 0 Å². The Bertz CT molecular complexity index is 1270. The maximum absolute atomic E-state index is 12.8. The first-order valence-electron chi connectivity index (χ1n) is 13.6. The molecular weight excluding hydrogens is 472 g/mol. The van der Waals surface area contributed by atoms with E-state index >= 15 is 0 Å². The lowest BCUT2D eigenvalue weighted by molar-refractivity contribution is 0.0734. The Kier molecular flexibility index (Phi) is 11.4. The van der Waals surface area contributed by atoms with E-state index in [-0.39, 0.29) is 16.9 Å². The smallest absolute Gasteiger partial charge is 0.343 e. The van der Waals surface area contributed by atoms with Gasteiger partial charge in [0.2, 0.25) is 0 Å². The van der Waals surface area contributed by atoms with Crippen LogP contribution in [0, 0.1) is 22.7 Å². The Hall–Kier alpha value is -4.09. The first kappa shape index (κ1) is 28.5. The van der Waals surface area contributed by atoms with Gasteiger partial charge >= 0.3 is 5.97 Å². The van der Waals surface area contributed by atoms with Crippen molar-refractivity contribution in [3.8, 4) is 34.8 Å². The van der Waals surface area contributed by atoms with E-state index in [1.165, 1.54) is 25.7 Å². The summed E-state index contributed by atoms with van der Waals surface area (Å²) < 4.78 is 11.4. The highest BCUT2D eigenvalue weighted by Gasteiger charge is 2.18. The van der Waals surface area contributed by atoms with Gasteiger partial charge in [-0.05, 0) is 66.3 Å². The van der Waals surface area contributed by atoms with Crippen molar-refractivity contribution in [2.24, 2.45) is 0 Å². The molecule has 0 atom stereocenters. The number of esters is 1. The fourth-order valence-corrected chi connectivity index (χ4v) is 4.32. The molecule has 0 N–H and O–H groups in total. The van der Waals surface area contributed by atoms with Crippen LogP contribution in [0.1, 0.15) is 92.3 Å². The molecule has 3 rings (SSSR count). The maximum Gasteiger partial charge on any atom is 0.343 e. The number of carbonyl (C=O) groups excluding carboxylic acids is 1. The predicted molar refractivity (Wildman–Crippen MR) is 150 cm³/mol. The molecule has 3 aromatic rings. The fourth-order valence-electron chi connectivity index (χ4n) is 4.32. The van der Waals surface area contributed by atoms with E-state index in [2.05, 4.69) is 26.0 Å². The Morgan fingerprint density at radius 2 is 1.32 bits per heavy atom. The van der Waals surface area contributed by atoms with Crippen molar-refractivity contribution in [1.82, 2.24) is 0 Å². The molecule has 0 amide bonds. The molecule has 5 heteroatoms. The van der Waals surface area contributed by atoms with Crippen LogP contribution in [0.25, 0.3) is 11.1 Å². The number of ether oxygens (including phenoxy) is 2. The number of unbranched alkanes of at least 4 members (excludes halogenated alkanes) is 6. The molecule has 196 valence electrons. The summed E-state index contributed by atoms with van der Waals surface area (Å²) >= 11 is 0. The van der Waals surface area contributed by atoms with Crippen LogP contribution in [0.4, 0.5) is 0 Å². The summed E-state index contributed by atoms with van der Waals surface area (Å²) in [6.45, 7) is 5.05. The van der Waals surface area contributed by atoms with E-state index in [0.717, 1.165) is 54.7 Å². The van der Waals surface area contributed by atoms with Gasteiger partial charge < -0.3 is 9.47 Å². The minimum absolute atomic E-state index is 0.106. The summed E-state index contributed by atoms with van der Waals surface area (Å²) in [5.41, 5.74) is 3.55. The van der Waals surface area contributed by atoms with Crippen LogP contribution >= 0.6 is 0 Å². The Morgan fingerprint density at radius 1 is 0.711 bits per heavy atom. The summed E-state index contributed by atoms with van der Waals surface area (Å²) in [6, 6.07) is 22.6. The number of hydrogen-bond donors (Lipinski definition) is 0. The molecule has 0 spiro atoms. The molecule has 0 fully saturated rings. The summed E-state index contributed by atoms with van der Waals surface area (Å²) in [5, 5.41) is 19.3. The number of aryl methyl sites for hydroxylation is 1. The van der Waals surface area contributed by atoms with Crippen molar-refractivity contribution >= 4 is 5.97 Å². The second-order valence-electron chi connectivity index (χ2n) is 9.41. The quantitative estimate of drug-likeness (QED) is 0.124. The zero-order chi connectivity index (χ0) is 27.2. The maximum atomic E-state index is 12.8. The molecule has 0 bridgehead atoms. The third kappa shape index (κ3) is 7.95. The average molecular weight is 509 g/mol. The number of rotatable bonds is 14. The number of nitrogens with zero attached hydrogens (tertiary/aromatic N) is 2. The summed E-state index contributed by atoms with van der Waals surface area (Å²) in [5.74, 6) is 0.391. The van der Waals surface area contributed by atoms with E-state index in [0.29, 0.717) is 12.0 Å². The van der Waals surface area contributed by atoms with Crippen molar-refractivity contribution in [3.63, 3.8) is 0 Å². The highest BCUT2D eigenvalue weighted by molar-refractivity contribution is 5.92. The number of hydrogen-bond acceptors (Lipinski definition) is 5. The van der Waals surface area contributed by atoms with Crippen LogP contribution in [0.3, 0.4) is 0 Å². The minimum Gasteiger partial charge on any atom is -0.494 e. The van der Waals surface area contributed by atoms with Crippen molar-refractivity contribution in [2.45, 2.75) is 71.6 Å². The monoisotopic (exact) mass is 508 g/mol. The van der Waals surface area contributed by atoms with Crippen molar-refractivity contribution < 1.29 is 14.3 Å². The Morgan fingerprint density at radius 3 is 1.95 bits per heavy atom. The molecule has 3 aromatic carbocycles. The first-order chi connectivity index (χ1) is 18.6. The van der Waals surface area contributed by atoms with Crippen LogP contribution < -0.4 is 9.47 Å². The average Bonchev–Trinajstić information content (AvgIpc) is 2.95. The molecule has 0 radical (unpaired) electrons. The molecule has 0 aliphatic rings. The van der Waals surface area contributed by atoms with Gasteiger partial charge in [-0.1, -0.05) is 82.7 Å². The molecule has 0 saturated heterocycles. The second kappa shape index (κ2) is 15.2. The van der Waals surface area contributed by atoms with Gasteiger partial charge in [-0.2, -0.15) is 10.5 Å². The van der Waals surface area contributed by atoms with Gasteiger partial charge in [0.15, 0.2) is 0 Å². The van der Waals surface area contributed by atoms with Gasteiger partial charge in [-0.3, -0.25) is 0 Å². The topological polar surface area (TPSA) is 83.1 Å². The van der Waals surface area contributed by atoms with Crippen LogP contribution in [-0.4, -0.2) is 12.6 Å². The SMILES string of the molecule is CCCCCCCOc1ccc(-c2ccc(C(=O)Oc3ccc(CCCCC)c(C#N)c3C#N)cc2)cc1. The van der Waals surface area contributed by atoms with Gasteiger partial charge in [0.05, 0.1) is 17.7 Å². The fraction of sp³-hybridized carbons (Fsp3) is 0.364. The summed E-state index contributed by atoms with van der Waals surface area (Å²) in [6.07, 6.45) is 9.82. The van der Waals surface area contributed by atoms with Crippen molar-refractivity contribution in [3.05, 3.63) is 82.9 Å². The van der Waals surface area contributed by atoms with Crippen LogP contribution in [-0.2, 0) is 6.42 Å². The second-order valence-corrected chi connectivity index (χ2v) is 9.41. The summed E-state index contributed by atoms with van der Waals surface area (Å²) in [7, 11) is 0. The molecular formula is C33H36N2O3. The number of carbonyl (C=O) groups is 1. The van der Waals surface area contributed by atoms with Crippen molar-refractivity contribution in [2.75, 3.05) is 6.61 Å². The molecule has 0 aromatic heterocycles. The molecule has 0 aliphatic carbocycles. The number of benzene rings is 3. The zero-order valence-corrected chi connectivity index (χ0v) is 22.5. The highest BCUT2D eigenvalue weighted by atomic mass is 16.5. The third-order valence-electron chi connectivity index (χ3n) is 6.55. The van der Waals surface area contributed by atoms with Gasteiger partial charge in [0, 0.05) is 0 Å². The van der Waals surface area contributed by atoms with E-state index in [4.69, 9.17) is 9.47 Å². The standard InChI is InChI=1S/C33H36N2O3/c1-3-5-7-8-10-22-37-29-19-16-26(17-20-29)25-12-14-28(15-13-25)33(36)38-32-21-18-27(11-9-6-4-2)30(23-34)31(32)24-35/h12-21H,3-11,22H2,1-2H3. The van der Waals surface area contributed by atoms with Crippen LogP contribution in [0.5, 0.6) is 11.5 Å². The molecule has 0 heterocycles. The molecule has 5 nitrogen and oxygen atoms in total. The third-order valence-corrected chi connectivity index (χ3v) is 6.55. The molecule has 0 unspecified atom stereocenters. The molecule has 0 aliphatic heterocycles. The van der Waals surface area contributed by atoms with E-state index < -0.39 is 5.97 Å². The zero-order valence-electron chi connectivity index (χ0n) is 22.5. The lowest BCUT2D eigenvalue weighted by Crippen LogP contribution is -2.10. The van der Waals surface area contributed by atoms with Gasteiger partial charge in [-0.25, -0.2) is 4.79 Å². The van der Waals surface area contributed by atoms with Gasteiger partial charge in [0.1, 0.15) is 29.2 Å². The van der Waals surface area contributed by atoms with Gasteiger partial charge in [0.25, 0.3) is 0 Å². The first-order valence-corrected chi connectivity index (χ1v) is 13.6. The summed E-state index contributed by atoms with van der Waals surface area (Å²) in [4.78, 5) is 12.8. The predicted octanol–water partition coefficient (Wildman–Crippen LogP) is 8.40. The van der Waals surface area contributed by atoms with E-state index in [1.807, 2.05) is 36.4 Å². The lowest BCUT2D eigenvalue weighted by Gasteiger charge is -2.11. The lowest BCUT2D eigenvalue weighted by atomic mass is 9.97. The molecule has 0 saturated carbocycles. The van der Waals surface area contributed by atoms with E-state index in [1.54, 1.807) is 24.3 Å². The van der Waals surface area contributed by atoms with Crippen LogP contribution in [0.15, 0.2) is 60.7 Å². The minimum atomic E-state index is -0.571. The Labute approximate surface area is 226 Å². The van der Waals surface area contributed by atoms with Gasteiger partial charge in [-0.15, -0.1) is 0 Å². The van der Waals surface area contributed by atoms with E-state index in [9.17, 15) is 15.3 Å². The Balaban J connectivity index is 1.62. The normalized spacial score (nSPS) is 10.4.